The van der Waals surface area contributed by atoms with E-state index < -0.39 is 10.0 Å². The van der Waals surface area contributed by atoms with E-state index in [2.05, 4.69) is 25.3 Å². The molecular weight excluding hydrogens is 422 g/mol. The molecule has 12 heteroatoms. The number of piperidine rings is 1. The third kappa shape index (κ3) is 5.64. The number of aromatic nitrogens is 4. The van der Waals surface area contributed by atoms with E-state index in [9.17, 15) is 18.0 Å². The number of carbonyl (C=O) groups excluding carboxylic acids is 2. The number of nitrogens with zero attached hydrogens (tertiary/aromatic N) is 5. The van der Waals surface area contributed by atoms with Gasteiger partial charge in [0.2, 0.25) is 21.8 Å². The van der Waals surface area contributed by atoms with Crippen LogP contribution in [0, 0.1) is 20.8 Å². The molecule has 0 spiro atoms. The predicted molar refractivity (Wildman–Crippen MR) is 114 cm³/mol. The zero-order valence-corrected chi connectivity index (χ0v) is 18.7. The fourth-order valence-corrected chi connectivity index (χ4v) is 4.19. The highest BCUT2D eigenvalue weighted by Gasteiger charge is 2.27. The summed E-state index contributed by atoms with van der Waals surface area (Å²) in [5, 5.41) is 15.7. The van der Waals surface area contributed by atoms with E-state index >= 15 is 0 Å². The van der Waals surface area contributed by atoms with Gasteiger partial charge in [-0.15, -0.1) is 10.2 Å². The summed E-state index contributed by atoms with van der Waals surface area (Å²) in [6.45, 7) is 6.20. The van der Waals surface area contributed by atoms with Crippen molar-refractivity contribution in [2.75, 3.05) is 30.7 Å². The van der Waals surface area contributed by atoms with Crippen LogP contribution in [0.15, 0.2) is 12.1 Å². The first-order chi connectivity index (χ1) is 14.7. The van der Waals surface area contributed by atoms with E-state index in [-0.39, 0.29) is 43.5 Å². The van der Waals surface area contributed by atoms with Crippen molar-refractivity contribution in [2.24, 2.45) is 0 Å². The number of carbonyl (C=O) groups is 2. The molecule has 2 aromatic heterocycles. The van der Waals surface area contributed by atoms with Crippen molar-refractivity contribution in [1.82, 2.24) is 29.6 Å². The van der Waals surface area contributed by atoms with Crippen LogP contribution in [0.4, 0.5) is 5.82 Å². The summed E-state index contributed by atoms with van der Waals surface area (Å²) in [7, 11) is -3.62. The van der Waals surface area contributed by atoms with Gasteiger partial charge in [-0.05, 0) is 44.9 Å². The minimum Gasteiger partial charge on any atom is -0.367 e. The Balaban J connectivity index is 1.45. The van der Waals surface area contributed by atoms with Gasteiger partial charge in [-0.25, -0.2) is 17.8 Å². The number of imide groups is 1. The molecule has 2 aromatic rings. The monoisotopic (exact) mass is 449 g/mol. The van der Waals surface area contributed by atoms with Crippen LogP contribution in [0.2, 0.25) is 0 Å². The summed E-state index contributed by atoms with van der Waals surface area (Å²) < 4.78 is 28.4. The first-order valence-electron chi connectivity index (χ1n) is 10.1. The number of rotatable bonds is 9. The minimum absolute atomic E-state index is 0.126. The smallest absolute Gasteiger partial charge is 0.229 e. The molecule has 2 N–H and O–H groups in total. The fourth-order valence-electron chi connectivity index (χ4n) is 3.21. The van der Waals surface area contributed by atoms with Crippen LogP contribution in [0.1, 0.15) is 36.2 Å². The third-order valence-electron chi connectivity index (χ3n) is 5.24. The Hall–Kier alpha value is -2.86. The SMILES string of the molecule is Cc1nn(-c2ccc(NCCNS(=O)(=O)CCN3C(=O)CCCC3=O)nn2)c(C)c1C. The third-order valence-corrected chi connectivity index (χ3v) is 6.60. The van der Waals surface area contributed by atoms with Crippen LogP contribution in [0.25, 0.3) is 5.82 Å². The summed E-state index contributed by atoms with van der Waals surface area (Å²) in [5.41, 5.74) is 3.03. The van der Waals surface area contributed by atoms with E-state index in [1.165, 1.54) is 0 Å². The molecule has 0 radical (unpaired) electrons. The van der Waals surface area contributed by atoms with Gasteiger partial charge in [0.25, 0.3) is 0 Å². The lowest BCUT2D eigenvalue weighted by Crippen LogP contribution is -2.44. The van der Waals surface area contributed by atoms with Crippen LogP contribution in [-0.2, 0) is 19.6 Å². The normalized spacial score (nSPS) is 14.9. The highest BCUT2D eigenvalue weighted by Crippen LogP contribution is 2.15. The van der Waals surface area contributed by atoms with Gasteiger partial charge < -0.3 is 5.32 Å². The largest absolute Gasteiger partial charge is 0.367 e. The Labute approximate surface area is 181 Å². The average molecular weight is 450 g/mol. The Morgan fingerprint density at radius 2 is 1.74 bits per heavy atom. The molecule has 3 rings (SSSR count). The van der Waals surface area contributed by atoms with Gasteiger partial charge in [0.05, 0.1) is 11.4 Å². The summed E-state index contributed by atoms with van der Waals surface area (Å²) in [6.07, 6.45) is 1.08. The Kier molecular flexibility index (Phi) is 7.01. The van der Waals surface area contributed by atoms with Gasteiger partial charge in [-0.2, -0.15) is 5.10 Å². The second-order valence-electron chi connectivity index (χ2n) is 7.42. The van der Waals surface area contributed by atoms with Crippen molar-refractivity contribution < 1.29 is 18.0 Å². The zero-order valence-electron chi connectivity index (χ0n) is 17.9. The standard InChI is InChI=1S/C19H27N7O4S/c1-13-14(2)24-26(15(13)3)17-8-7-16(22-23-17)20-9-10-21-31(29,30)12-11-25-18(27)5-4-6-19(25)28/h7-8,21H,4-6,9-12H2,1-3H3,(H,20,22). The molecule has 2 amide bonds. The van der Waals surface area contributed by atoms with E-state index in [4.69, 9.17) is 0 Å². The molecule has 31 heavy (non-hydrogen) atoms. The van der Waals surface area contributed by atoms with E-state index in [0.717, 1.165) is 21.9 Å². The van der Waals surface area contributed by atoms with Gasteiger partial charge in [0, 0.05) is 38.2 Å². The molecule has 3 heterocycles. The van der Waals surface area contributed by atoms with Crippen molar-refractivity contribution in [3.8, 4) is 5.82 Å². The number of hydrogen-bond donors (Lipinski definition) is 2. The minimum atomic E-state index is -3.62. The van der Waals surface area contributed by atoms with Gasteiger partial charge in [0.1, 0.15) is 5.82 Å². The Morgan fingerprint density at radius 3 is 2.32 bits per heavy atom. The van der Waals surface area contributed by atoms with Gasteiger partial charge >= 0.3 is 0 Å². The van der Waals surface area contributed by atoms with Gasteiger partial charge in [-0.3, -0.25) is 14.5 Å². The average Bonchev–Trinajstić information content (AvgIpc) is 2.99. The second-order valence-corrected chi connectivity index (χ2v) is 9.34. The highest BCUT2D eigenvalue weighted by molar-refractivity contribution is 7.89. The van der Waals surface area contributed by atoms with Crippen LogP contribution in [0.3, 0.4) is 0 Å². The van der Waals surface area contributed by atoms with Crippen molar-refractivity contribution >= 4 is 27.7 Å². The number of likely N-dealkylation sites (tertiary alicyclic amines) is 1. The quantitative estimate of drug-likeness (QED) is 0.416. The van der Waals surface area contributed by atoms with Crippen molar-refractivity contribution in [2.45, 2.75) is 40.0 Å². The molecule has 0 aromatic carbocycles. The molecule has 0 saturated carbocycles. The zero-order chi connectivity index (χ0) is 22.6. The van der Waals surface area contributed by atoms with Crippen LogP contribution in [0.5, 0.6) is 0 Å². The summed E-state index contributed by atoms with van der Waals surface area (Å²) >= 11 is 0. The number of hydrogen-bond acceptors (Lipinski definition) is 8. The molecule has 1 fully saturated rings. The summed E-state index contributed by atoms with van der Waals surface area (Å²) in [5.74, 6) is 0.158. The highest BCUT2D eigenvalue weighted by atomic mass is 32.2. The predicted octanol–water partition coefficient (Wildman–Crippen LogP) is 0.458. The maximum atomic E-state index is 12.1. The summed E-state index contributed by atoms with van der Waals surface area (Å²) in [4.78, 5) is 24.5. The molecule has 0 aliphatic carbocycles. The van der Waals surface area contributed by atoms with Crippen molar-refractivity contribution in [3.05, 3.63) is 29.1 Å². The Morgan fingerprint density at radius 1 is 1.03 bits per heavy atom. The van der Waals surface area contributed by atoms with Crippen LogP contribution >= 0.6 is 0 Å². The molecule has 168 valence electrons. The second kappa shape index (κ2) is 9.52. The Bertz CT molecular complexity index is 1050. The number of nitrogens with one attached hydrogen (secondary N) is 2. The lowest BCUT2D eigenvalue weighted by Gasteiger charge is -2.24. The van der Waals surface area contributed by atoms with Gasteiger partial charge in [0.15, 0.2) is 5.82 Å². The van der Waals surface area contributed by atoms with Gasteiger partial charge in [-0.1, -0.05) is 0 Å². The molecule has 11 nitrogen and oxygen atoms in total. The lowest BCUT2D eigenvalue weighted by atomic mass is 10.1. The molecular formula is C19H27N7O4S. The molecule has 0 bridgehead atoms. The summed E-state index contributed by atoms with van der Waals surface area (Å²) in [6, 6.07) is 3.53. The number of aryl methyl sites for hydroxylation is 1. The van der Waals surface area contributed by atoms with E-state index in [0.29, 0.717) is 24.6 Å². The van der Waals surface area contributed by atoms with Crippen LogP contribution in [-0.4, -0.2) is 70.5 Å². The van der Waals surface area contributed by atoms with E-state index in [1.807, 2.05) is 20.8 Å². The molecule has 1 saturated heterocycles. The molecule has 1 aliphatic rings. The fraction of sp³-hybridized carbons (Fsp3) is 0.526. The van der Waals surface area contributed by atoms with Crippen molar-refractivity contribution in [1.29, 1.82) is 0 Å². The number of sulfonamides is 1. The first kappa shape index (κ1) is 22.8. The molecule has 0 unspecified atom stereocenters. The van der Waals surface area contributed by atoms with Crippen LogP contribution < -0.4 is 10.0 Å². The van der Waals surface area contributed by atoms with E-state index in [1.54, 1.807) is 16.8 Å². The maximum absolute atomic E-state index is 12.1. The maximum Gasteiger partial charge on any atom is 0.229 e. The van der Waals surface area contributed by atoms with Crippen molar-refractivity contribution in [3.63, 3.8) is 0 Å². The lowest BCUT2D eigenvalue weighted by molar-refractivity contribution is -0.147. The molecule has 0 atom stereocenters. The number of anilines is 1. The first-order valence-corrected chi connectivity index (χ1v) is 11.7. The molecule has 1 aliphatic heterocycles. The number of amides is 2. The topological polar surface area (TPSA) is 139 Å².